The van der Waals surface area contributed by atoms with Crippen LogP contribution in [0.1, 0.15) is 24.8 Å². The Balaban J connectivity index is 1.22. The Hall–Kier alpha value is -2.37. The SMILES string of the molecule is N#Cc1ccc(N2CCN(C(=O)N3CCC(OC[C@@H]4CCCN4)C3)CC2)nc1. The van der Waals surface area contributed by atoms with Gasteiger partial charge in [0.2, 0.25) is 0 Å². The minimum Gasteiger partial charge on any atom is -0.375 e. The summed E-state index contributed by atoms with van der Waals surface area (Å²) in [5.74, 6) is 0.862. The van der Waals surface area contributed by atoms with Gasteiger partial charge in [-0.25, -0.2) is 9.78 Å². The molecule has 1 N–H and O–H groups in total. The molecule has 0 aliphatic carbocycles. The quantitative estimate of drug-likeness (QED) is 0.835. The zero-order chi connectivity index (χ0) is 19.3. The molecule has 0 spiro atoms. The Morgan fingerprint density at radius 1 is 1.21 bits per heavy atom. The average molecular weight is 384 g/mol. The molecular weight excluding hydrogens is 356 g/mol. The second-order valence-electron chi connectivity index (χ2n) is 7.76. The maximum Gasteiger partial charge on any atom is 0.320 e. The Morgan fingerprint density at radius 2 is 2.07 bits per heavy atom. The summed E-state index contributed by atoms with van der Waals surface area (Å²) in [6, 6.07) is 6.34. The van der Waals surface area contributed by atoms with Crippen LogP contribution in [-0.4, -0.2) is 85.4 Å². The van der Waals surface area contributed by atoms with E-state index in [1.54, 1.807) is 12.3 Å². The number of rotatable bonds is 4. The van der Waals surface area contributed by atoms with Gasteiger partial charge in [-0.2, -0.15) is 5.26 Å². The Labute approximate surface area is 166 Å². The van der Waals surface area contributed by atoms with Gasteiger partial charge in [-0.15, -0.1) is 0 Å². The highest BCUT2D eigenvalue weighted by Crippen LogP contribution is 2.19. The molecule has 2 atom stereocenters. The molecule has 2 amide bonds. The number of nitrogens with zero attached hydrogens (tertiary/aromatic N) is 5. The van der Waals surface area contributed by atoms with Crippen molar-refractivity contribution in [3.63, 3.8) is 0 Å². The van der Waals surface area contributed by atoms with E-state index in [0.717, 1.165) is 45.0 Å². The molecule has 8 nitrogen and oxygen atoms in total. The Morgan fingerprint density at radius 3 is 2.75 bits per heavy atom. The van der Waals surface area contributed by atoms with E-state index >= 15 is 0 Å². The number of hydrogen-bond donors (Lipinski definition) is 1. The first-order chi connectivity index (χ1) is 13.7. The lowest BCUT2D eigenvalue weighted by molar-refractivity contribution is 0.0474. The molecule has 3 fully saturated rings. The van der Waals surface area contributed by atoms with E-state index < -0.39 is 0 Å². The van der Waals surface area contributed by atoms with Crippen molar-refractivity contribution in [1.29, 1.82) is 5.26 Å². The van der Waals surface area contributed by atoms with E-state index in [4.69, 9.17) is 10.00 Å². The predicted octanol–water partition coefficient (Wildman–Crippen LogP) is 1.04. The summed E-state index contributed by atoms with van der Waals surface area (Å²) in [6.45, 7) is 6.21. The second-order valence-corrected chi connectivity index (χ2v) is 7.76. The molecule has 0 saturated carbocycles. The Kier molecular flexibility index (Phi) is 5.93. The van der Waals surface area contributed by atoms with Crippen molar-refractivity contribution < 1.29 is 9.53 Å². The van der Waals surface area contributed by atoms with E-state index in [-0.39, 0.29) is 12.1 Å². The van der Waals surface area contributed by atoms with Crippen LogP contribution < -0.4 is 10.2 Å². The summed E-state index contributed by atoms with van der Waals surface area (Å²) in [7, 11) is 0. The molecule has 1 aromatic rings. The highest BCUT2D eigenvalue weighted by Gasteiger charge is 2.32. The van der Waals surface area contributed by atoms with Crippen LogP contribution in [0.4, 0.5) is 10.6 Å². The minimum absolute atomic E-state index is 0.123. The van der Waals surface area contributed by atoms with Crippen LogP contribution in [0.3, 0.4) is 0 Å². The van der Waals surface area contributed by atoms with Gasteiger partial charge in [-0.05, 0) is 37.9 Å². The van der Waals surface area contributed by atoms with Crippen molar-refractivity contribution in [3.8, 4) is 6.07 Å². The number of hydrogen-bond acceptors (Lipinski definition) is 6. The van der Waals surface area contributed by atoms with Crippen LogP contribution in [0.5, 0.6) is 0 Å². The first kappa shape index (κ1) is 19.0. The van der Waals surface area contributed by atoms with Crippen molar-refractivity contribution in [1.82, 2.24) is 20.1 Å². The number of urea groups is 1. The molecule has 0 bridgehead atoms. The molecule has 3 saturated heterocycles. The molecule has 0 radical (unpaired) electrons. The van der Waals surface area contributed by atoms with Crippen molar-refractivity contribution in [2.45, 2.75) is 31.4 Å². The highest BCUT2D eigenvalue weighted by atomic mass is 16.5. The van der Waals surface area contributed by atoms with Gasteiger partial charge in [0.15, 0.2) is 0 Å². The number of piperazine rings is 1. The summed E-state index contributed by atoms with van der Waals surface area (Å²) in [5.41, 5.74) is 0.562. The smallest absolute Gasteiger partial charge is 0.320 e. The van der Waals surface area contributed by atoms with Gasteiger partial charge in [-0.1, -0.05) is 0 Å². The standard InChI is InChI=1S/C20H28N6O2/c21-12-16-3-4-19(23-13-16)24-8-10-25(11-9-24)20(27)26-7-5-18(14-26)28-15-17-2-1-6-22-17/h3-4,13,17-18,22H,1-2,5-11,14-15H2/t17-,18?/m0/s1. The predicted molar refractivity (Wildman–Crippen MR) is 105 cm³/mol. The van der Waals surface area contributed by atoms with Crippen molar-refractivity contribution in [2.24, 2.45) is 0 Å². The third kappa shape index (κ3) is 4.37. The fourth-order valence-electron chi connectivity index (χ4n) is 4.16. The number of amides is 2. The van der Waals surface area contributed by atoms with E-state index in [0.29, 0.717) is 31.2 Å². The minimum atomic E-state index is 0.123. The summed E-state index contributed by atoms with van der Waals surface area (Å²) >= 11 is 0. The number of carbonyl (C=O) groups is 1. The molecule has 4 rings (SSSR count). The lowest BCUT2D eigenvalue weighted by atomic mass is 10.2. The summed E-state index contributed by atoms with van der Waals surface area (Å²) in [5, 5.41) is 12.3. The lowest BCUT2D eigenvalue weighted by Gasteiger charge is -2.37. The van der Waals surface area contributed by atoms with Gasteiger partial charge in [-0.3, -0.25) is 0 Å². The first-order valence-electron chi connectivity index (χ1n) is 10.2. The number of carbonyl (C=O) groups excluding carboxylic acids is 1. The van der Waals surface area contributed by atoms with Gasteiger partial charge in [0.05, 0.1) is 18.3 Å². The molecule has 28 heavy (non-hydrogen) atoms. The number of ether oxygens (including phenoxy) is 1. The monoisotopic (exact) mass is 384 g/mol. The molecule has 3 aliphatic rings. The topological polar surface area (TPSA) is 84.7 Å². The summed E-state index contributed by atoms with van der Waals surface area (Å²) < 4.78 is 6.03. The van der Waals surface area contributed by atoms with Gasteiger partial charge >= 0.3 is 6.03 Å². The van der Waals surface area contributed by atoms with Crippen molar-refractivity contribution >= 4 is 11.8 Å². The number of nitrogens with one attached hydrogen (secondary N) is 1. The van der Waals surface area contributed by atoms with Crippen LogP contribution in [-0.2, 0) is 4.74 Å². The van der Waals surface area contributed by atoms with Crippen LogP contribution >= 0.6 is 0 Å². The third-order valence-electron chi connectivity index (χ3n) is 5.86. The molecule has 8 heteroatoms. The number of anilines is 1. The highest BCUT2D eigenvalue weighted by molar-refractivity contribution is 5.75. The van der Waals surface area contributed by atoms with Gasteiger partial charge in [0.1, 0.15) is 11.9 Å². The van der Waals surface area contributed by atoms with Crippen LogP contribution in [0, 0.1) is 11.3 Å². The van der Waals surface area contributed by atoms with E-state index in [1.165, 1.54) is 12.8 Å². The first-order valence-corrected chi connectivity index (χ1v) is 10.2. The van der Waals surface area contributed by atoms with E-state index in [9.17, 15) is 4.79 Å². The van der Waals surface area contributed by atoms with E-state index in [1.807, 2.05) is 15.9 Å². The molecule has 1 unspecified atom stereocenters. The molecular formula is C20H28N6O2. The Bertz CT molecular complexity index is 704. The van der Waals surface area contributed by atoms with Crippen molar-refractivity contribution in [3.05, 3.63) is 23.9 Å². The number of pyridine rings is 1. The van der Waals surface area contributed by atoms with Crippen molar-refractivity contribution in [2.75, 3.05) is 57.3 Å². The summed E-state index contributed by atoms with van der Waals surface area (Å²) in [4.78, 5) is 23.2. The van der Waals surface area contributed by atoms with Crippen LogP contribution in [0.2, 0.25) is 0 Å². The second kappa shape index (κ2) is 8.76. The zero-order valence-electron chi connectivity index (χ0n) is 16.2. The lowest BCUT2D eigenvalue weighted by Crippen LogP contribution is -2.52. The normalized spacial score (nSPS) is 25.2. The molecule has 150 valence electrons. The number of likely N-dealkylation sites (tertiary alicyclic amines) is 1. The average Bonchev–Trinajstić information content (AvgIpc) is 3.44. The van der Waals surface area contributed by atoms with Gasteiger partial charge < -0.3 is 24.8 Å². The van der Waals surface area contributed by atoms with Crippen LogP contribution in [0.15, 0.2) is 18.3 Å². The fourth-order valence-corrected chi connectivity index (χ4v) is 4.16. The molecule has 4 heterocycles. The van der Waals surface area contributed by atoms with Gasteiger partial charge in [0, 0.05) is 51.5 Å². The van der Waals surface area contributed by atoms with Crippen LogP contribution in [0.25, 0.3) is 0 Å². The largest absolute Gasteiger partial charge is 0.375 e. The molecule has 3 aliphatic heterocycles. The number of nitriles is 1. The molecule has 1 aromatic heterocycles. The van der Waals surface area contributed by atoms with Gasteiger partial charge in [0.25, 0.3) is 0 Å². The fraction of sp³-hybridized carbons (Fsp3) is 0.650. The molecule has 0 aromatic carbocycles. The number of aromatic nitrogens is 1. The zero-order valence-corrected chi connectivity index (χ0v) is 16.2. The maximum atomic E-state index is 12.8. The maximum absolute atomic E-state index is 12.8. The summed E-state index contributed by atoms with van der Waals surface area (Å²) in [6.07, 6.45) is 5.10. The third-order valence-corrected chi connectivity index (χ3v) is 5.86. The van der Waals surface area contributed by atoms with E-state index in [2.05, 4.69) is 21.3 Å².